The lowest BCUT2D eigenvalue weighted by molar-refractivity contribution is 0.627. The number of nitrogens with zero attached hydrogens (tertiary/aromatic N) is 3. The first-order valence-electron chi connectivity index (χ1n) is 7.59. The molecule has 0 bridgehead atoms. The fraction of sp³-hybridized carbons (Fsp3) is 0.111. The number of fused-ring (bicyclic) bond motifs is 1. The van der Waals surface area contributed by atoms with Crippen molar-refractivity contribution in [3.63, 3.8) is 0 Å². The number of aromatic nitrogens is 4. The molecule has 2 N–H and O–H groups in total. The van der Waals surface area contributed by atoms with Crippen molar-refractivity contribution in [3.8, 4) is 11.3 Å². The first-order chi connectivity index (χ1) is 11.6. The zero-order valence-electron chi connectivity index (χ0n) is 13.3. The van der Waals surface area contributed by atoms with Crippen molar-refractivity contribution in [1.82, 2.24) is 19.7 Å². The second kappa shape index (κ2) is 5.49. The lowest BCUT2D eigenvalue weighted by Crippen LogP contribution is -1.95. The Hall–Kier alpha value is -3.15. The zero-order chi connectivity index (χ0) is 16.7. The maximum absolute atomic E-state index is 13.2. The molecular weight excluding hydrogens is 305 g/mol. The van der Waals surface area contributed by atoms with Gasteiger partial charge in [0.1, 0.15) is 11.6 Å². The predicted octanol–water partition coefficient (Wildman–Crippen LogP) is 4.15. The Labute approximate surface area is 138 Å². The Kier molecular flexibility index (Phi) is 3.30. The summed E-state index contributed by atoms with van der Waals surface area (Å²) in [6.07, 6.45) is 5.59. The third kappa shape index (κ3) is 2.62. The Morgan fingerprint density at radius 2 is 2.04 bits per heavy atom. The number of aromatic amines is 1. The molecule has 24 heavy (non-hydrogen) atoms. The summed E-state index contributed by atoms with van der Waals surface area (Å²) in [4.78, 5) is 7.81. The van der Waals surface area contributed by atoms with E-state index in [0.717, 1.165) is 33.4 Å². The maximum atomic E-state index is 13.2. The number of anilines is 2. The summed E-state index contributed by atoms with van der Waals surface area (Å²) in [6.45, 7) is 1.86. The SMILES string of the molecule is Cc1cc(F)ccc1Nc1cc2[nH]c(-c3cnn(C)c3)cc2cn1. The van der Waals surface area contributed by atoms with Gasteiger partial charge >= 0.3 is 0 Å². The topological polar surface area (TPSA) is 58.5 Å². The molecule has 0 saturated carbocycles. The summed E-state index contributed by atoms with van der Waals surface area (Å²) in [5.74, 6) is 0.462. The van der Waals surface area contributed by atoms with Gasteiger partial charge in [0.2, 0.25) is 0 Å². The molecule has 0 unspecified atom stereocenters. The summed E-state index contributed by atoms with van der Waals surface area (Å²) in [5, 5.41) is 8.45. The molecule has 4 aromatic rings. The monoisotopic (exact) mass is 321 g/mol. The minimum absolute atomic E-state index is 0.244. The van der Waals surface area contributed by atoms with E-state index < -0.39 is 0 Å². The second-order valence-electron chi connectivity index (χ2n) is 5.83. The van der Waals surface area contributed by atoms with Crippen LogP contribution in [0, 0.1) is 12.7 Å². The van der Waals surface area contributed by atoms with E-state index >= 15 is 0 Å². The van der Waals surface area contributed by atoms with Gasteiger partial charge < -0.3 is 10.3 Å². The van der Waals surface area contributed by atoms with Crippen molar-refractivity contribution in [2.45, 2.75) is 6.92 Å². The molecule has 120 valence electrons. The molecule has 0 amide bonds. The van der Waals surface area contributed by atoms with Gasteiger partial charge in [0.05, 0.1) is 11.7 Å². The van der Waals surface area contributed by atoms with Crippen LogP contribution in [0.5, 0.6) is 0 Å². The number of aryl methyl sites for hydroxylation is 2. The van der Waals surface area contributed by atoms with Crippen LogP contribution in [0.2, 0.25) is 0 Å². The summed E-state index contributed by atoms with van der Waals surface area (Å²) >= 11 is 0. The van der Waals surface area contributed by atoms with Crippen LogP contribution in [-0.2, 0) is 7.05 Å². The van der Waals surface area contributed by atoms with Gasteiger partial charge in [-0.1, -0.05) is 0 Å². The first kappa shape index (κ1) is 14.4. The van der Waals surface area contributed by atoms with Crippen molar-refractivity contribution < 1.29 is 4.39 Å². The number of benzene rings is 1. The van der Waals surface area contributed by atoms with E-state index in [1.807, 2.05) is 44.7 Å². The lowest BCUT2D eigenvalue weighted by atomic mass is 10.2. The number of nitrogens with one attached hydrogen (secondary N) is 2. The van der Waals surface area contributed by atoms with Gasteiger partial charge in [-0.25, -0.2) is 9.37 Å². The van der Waals surface area contributed by atoms with Crippen LogP contribution >= 0.6 is 0 Å². The van der Waals surface area contributed by atoms with Crippen LogP contribution < -0.4 is 5.32 Å². The van der Waals surface area contributed by atoms with E-state index in [1.54, 1.807) is 10.7 Å². The molecule has 0 atom stereocenters. The van der Waals surface area contributed by atoms with Crippen LogP contribution in [0.1, 0.15) is 5.56 Å². The van der Waals surface area contributed by atoms with E-state index in [2.05, 4.69) is 20.4 Å². The van der Waals surface area contributed by atoms with E-state index in [4.69, 9.17) is 0 Å². The number of hydrogen-bond acceptors (Lipinski definition) is 3. The fourth-order valence-corrected chi connectivity index (χ4v) is 2.72. The van der Waals surface area contributed by atoms with Gasteiger partial charge in [0.25, 0.3) is 0 Å². The molecule has 0 aliphatic rings. The quantitative estimate of drug-likeness (QED) is 0.596. The van der Waals surface area contributed by atoms with Crippen molar-refractivity contribution >= 4 is 22.4 Å². The molecular formula is C18H16FN5. The average molecular weight is 321 g/mol. The highest BCUT2D eigenvalue weighted by Crippen LogP contribution is 2.26. The van der Waals surface area contributed by atoms with Crippen LogP contribution in [0.3, 0.4) is 0 Å². The molecule has 4 rings (SSSR count). The smallest absolute Gasteiger partial charge is 0.132 e. The van der Waals surface area contributed by atoms with Gasteiger partial charge in [-0.2, -0.15) is 5.10 Å². The zero-order valence-corrected chi connectivity index (χ0v) is 13.3. The van der Waals surface area contributed by atoms with Crippen molar-refractivity contribution in [3.05, 3.63) is 60.3 Å². The Morgan fingerprint density at radius 3 is 2.79 bits per heavy atom. The minimum Gasteiger partial charge on any atom is -0.354 e. The standard InChI is InChI=1S/C18H16FN5/c1-11-5-14(19)3-4-15(11)23-18-7-17-12(8-20-18)6-16(22-17)13-9-21-24(2)10-13/h3-10,22H,1-2H3,(H,20,23). The van der Waals surface area contributed by atoms with E-state index in [9.17, 15) is 4.39 Å². The Balaban J connectivity index is 1.68. The normalized spacial score (nSPS) is 11.1. The van der Waals surface area contributed by atoms with Crippen LogP contribution in [0.4, 0.5) is 15.9 Å². The predicted molar refractivity (Wildman–Crippen MR) is 92.7 cm³/mol. The van der Waals surface area contributed by atoms with Gasteiger partial charge in [0, 0.05) is 47.8 Å². The Morgan fingerprint density at radius 1 is 1.17 bits per heavy atom. The molecule has 0 radical (unpaired) electrons. The number of H-pyrrole nitrogens is 1. The van der Waals surface area contributed by atoms with E-state index in [-0.39, 0.29) is 5.82 Å². The Bertz CT molecular complexity index is 1030. The van der Waals surface area contributed by atoms with Crippen molar-refractivity contribution in [1.29, 1.82) is 0 Å². The van der Waals surface area contributed by atoms with Gasteiger partial charge in [-0.05, 0) is 36.8 Å². The summed E-state index contributed by atoms with van der Waals surface area (Å²) in [7, 11) is 1.89. The highest BCUT2D eigenvalue weighted by molar-refractivity contribution is 5.87. The van der Waals surface area contributed by atoms with Crippen molar-refractivity contribution in [2.24, 2.45) is 7.05 Å². The molecule has 1 aromatic carbocycles. The third-order valence-electron chi connectivity index (χ3n) is 3.97. The molecule has 6 heteroatoms. The highest BCUT2D eigenvalue weighted by Gasteiger charge is 2.07. The summed E-state index contributed by atoms with van der Waals surface area (Å²) in [5.41, 5.74) is 4.67. The molecule has 5 nitrogen and oxygen atoms in total. The summed E-state index contributed by atoms with van der Waals surface area (Å²) in [6, 6.07) is 8.63. The molecule has 0 aliphatic carbocycles. The lowest BCUT2D eigenvalue weighted by Gasteiger charge is -2.08. The maximum Gasteiger partial charge on any atom is 0.132 e. The molecule has 0 fully saturated rings. The molecule has 0 saturated heterocycles. The van der Waals surface area contributed by atoms with Crippen LogP contribution in [-0.4, -0.2) is 19.7 Å². The number of pyridine rings is 1. The fourth-order valence-electron chi connectivity index (χ4n) is 2.72. The molecule has 0 aliphatic heterocycles. The van der Waals surface area contributed by atoms with Crippen LogP contribution in [0.25, 0.3) is 22.2 Å². The number of rotatable bonds is 3. The molecule has 3 aromatic heterocycles. The minimum atomic E-state index is -0.244. The van der Waals surface area contributed by atoms with E-state index in [1.165, 1.54) is 12.1 Å². The highest BCUT2D eigenvalue weighted by atomic mass is 19.1. The second-order valence-corrected chi connectivity index (χ2v) is 5.83. The average Bonchev–Trinajstić information content (AvgIpc) is 3.15. The van der Waals surface area contributed by atoms with Gasteiger partial charge in [-0.3, -0.25) is 4.68 Å². The van der Waals surface area contributed by atoms with Gasteiger partial charge in [0.15, 0.2) is 0 Å². The van der Waals surface area contributed by atoms with Crippen LogP contribution in [0.15, 0.2) is 48.9 Å². The number of halogens is 1. The largest absolute Gasteiger partial charge is 0.354 e. The number of hydrogen-bond donors (Lipinski definition) is 2. The molecule has 0 spiro atoms. The van der Waals surface area contributed by atoms with Crippen molar-refractivity contribution in [2.75, 3.05) is 5.32 Å². The molecule has 3 heterocycles. The third-order valence-corrected chi connectivity index (χ3v) is 3.97. The van der Waals surface area contributed by atoms with Gasteiger partial charge in [-0.15, -0.1) is 0 Å². The first-order valence-corrected chi connectivity index (χ1v) is 7.59. The van der Waals surface area contributed by atoms with E-state index in [0.29, 0.717) is 5.82 Å². The summed E-state index contributed by atoms with van der Waals surface area (Å²) < 4.78 is 15.0.